The van der Waals surface area contributed by atoms with Crippen LogP contribution < -0.4 is 15.4 Å². The number of rotatable bonds is 9. The number of benzene rings is 2. The zero-order chi connectivity index (χ0) is 22.9. The van der Waals surface area contributed by atoms with Crippen molar-refractivity contribution in [1.29, 1.82) is 0 Å². The molecule has 8 heteroatoms. The van der Waals surface area contributed by atoms with Gasteiger partial charge in [-0.05, 0) is 73.4 Å². The van der Waals surface area contributed by atoms with Crippen LogP contribution in [0.5, 0.6) is 11.5 Å². The van der Waals surface area contributed by atoms with Crippen molar-refractivity contribution in [3.63, 3.8) is 0 Å². The molecule has 0 saturated carbocycles. The second kappa shape index (κ2) is 11.5. The number of pyridine rings is 1. The number of anilines is 1. The quantitative estimate of drug-likeness (QED) is 0.443. The lowest BCUT2D eigenvalue weighted by Crippen LogP contribution is -2.44. The van der Waals surface area contributed by atoms with E-state index >= 15 is 0 Å². The predicted molar refractivity (Wildman–Crippen MR) is 130 cm³/mol. The number of thioether (sulfide) groups is 1. The van der Waals surface area contributed by atoms with E-state index in [4.69, 9.17) is 16.3 Å². The van der Waals surface area contributed by atoms with Gasteiger partial charge in [-0.2, -0.15) is 11.8 Å². The SMILES string of the molecule is CSCCC(NC(=O)c1ccccc1Cl)C(=O)Nc1ccc(Oc2cccnc2)c(C)c1. The molecule has 3 rings (SSSR count). The van der Waals surface area contributed by atoms with Crippen LogP contribution in [0.3, 0.4) is 0 Å². The number of aryl methyl sites for hydroxylation is 1. The molecule has 3 aromatic rings. The molecular weight excluding hydrogens is 446 g/mol. The first-order valence-electron chi connectivity index (χ1n) is 10.0. The first kappa shape index (κ1) is 23.6. The summed E-state index contributed by atoms with van der Waals surface area (Å²) in [6.07, 6.45) is 5.75. The minimum atomic E-state index is -0.696. The van der Waals surface area contributed by atoms with Gasteiger partial charge in [0.1, 0.15) is 17.5 Å². The number of aromatic nitrogens is 1. The molecule has 0 aliphatic carbocycles. The normalized spacial score (nSPS) is 11.5. The third-order valence-corrected chi connectivity index (χ3v) is 5.63. The zero-order valence-electron chi connectivity index (χ0n) is 17.8. The molecule has 1 atom stereocenters. The highest BCUT2D eigenvalue weighted by molar-refractivity contribution is 7.98. The molecule has 0 aliphatic heterocycles. The molecule has 32 heavy (non-hydrogen) atoms. The number of nitrogens with one attached hydrogen (secondary N) is 2. The minimum Gasteiger partial charge on any atom is -0.455 e. The van der Waals surface area contributed by atoms with Gasteiger partial charge in [-0.3, -0.25) is 14.6 Å². The van der Waals surface area contributed by atoms with Crippen molar-refractivity contribution in [2.45, 2.75) is 19.4 Å². The molecule has 0 aliphatic rings. The molecule has 2 N–H and O–H groups in total. The van der Waals surface area contributed by atoms with E-state index in [1.807, 2.05) is 25.3 Å². The zero-order valence-corrected chi connectivity index (χ0v) is 19.4. The number of carbonyl (C=O) groups is 2. The first-order valence-corrected chi connectivity index (χ1v) is 11.8. The summed E-state index contributed by atoms with van der Waals surface area (Å²) in [5.41, 5.74) is 1.81. The number of hydrogen-bond acceptors (Lipinski definition) is 5. The average Bonchev–Trinajstić information content (AvgIpc) is 2.79. The standard InChI is InChI=1S/C24H24ClN3O3S/c1-16-14-17(9-10-22(16)31-18-6-5-12-26-15-18)27-24(30)21(11-13-32-2)28-23(29)19-7-3-4-8-20(19)25/h3-10,12,14-15,21H,11,13H2,1-2H3,(H,27,30)(H,28,29). The van der Waals surface area contributed by atoms with E-state index in [9.17, 15) is 9.59 Å². The summed E-state index contributed by atoms with van der Waals surface area (Å²) in [4.78, 5) is 29.6. The number of nitrogens with zero attached hydrogens (tertiary/aromatic N) is 1. The lowest BCUT2D eigenvalue weighted by atomic mass is 10.1. The lowest BCUT2D eigenvalue weighted by Gasteiger charge is -2.19. The summed E-state index contributed by atoms with van der Waals surface area (Å²) in [5.74, 6) is 1.35. The molecule has 1 aromatic heterocycles. The lowest BCUT2D eigenvalue weighted by molar-refractivity contribution is -0.118. The summed E-state index contributed by atoms with van der Waals surface area (Å²) in [5, 5.41) is 6.04. The van der Waals surface area contributed by atoms with Crippen LogP contribution in [0.4, 0.5) is 5.69 Å². The Labute approximate surface area is 196 Å². The van der Waals surface area contributed by atoms with Gasteiger partial charge in [0, 0.05) is 11.9 Å². The second-order valence-electron chi connectivity index (χ2n) is 7.05. The van der Waals surface area contributed by atoms with Gasteiger partial charge in [0.15, 0.2) is 0 Å². The molecule has 0 fully saturated rings. The maximum absolute atomic E-state index is 12.9. The van der Waals surface area contributed by atoms with E-state index in [1.54, 1.807) is 66.6 Å². The predicted octanol–water partition coefficient (Wildman–Crippen LogP) is 5.33. The summed E-state index contributed by atoms with van der Waals surface area (Å²) < 4.78 is 5.84. The molecule has 1 unspecified atom stereocenters. The monoisotopic (exact) mass is 469 g/mol. The van der Waals surface area contributed by atoms with Crippen LogP contribution in [-0.4, -0.2) is 34.8 Å². The Hall–Kier alpha value is -3.03. The van der Waals surface area contributed by atoms with Gasteiger partial charge < -0.3 is 15.4 Å². The van der Waals surface area contributed by atoms with E-state index in [2.05, 4.69) is 15.6 Å². The van der Waals surface area contributed by atoms with Crippen molar-refractivity contribution in [1.82, 2.24) is 10.3 Å². The average molecular weight is 470 g/mol. The van der Waals surface area contributed by atoms with Crippen LogP contribution in [0.25, 0.3) is 0 Å². The van der Waals surface area contributed by atoms with Crippen molar-refractivity contribution in [2.75, 3.05) is 17.3 Å². The van der Waals surface area contributed by atoms with Gasteiger partial charge in [-0.1, -0.05) is 23.7 Å². The fourth-order valence-electron chi connectivity index (χ4n) is 2.99. The molecule has 0 radical (unpaired) electrons. The smallest absolute Gasteiger partial charge is 0.253 e. The Morgan fingerprint density at radius 1 is 1.16 bits per heavy atom. The fourth-order valence-corrected chi connectivity index (χ4v) is 3.68. The minimum absolute atomic E-state index is 0.292. The molecule has 1 heterocycles. The van der Waals surface area contributed by atoms with Gasteiger partial charge in [0.25, 0.3) is 5.91 Å². The summed E-state index contributed by atoms with van der Waals surface area (Å²) >= 11 is 7.73. The number of hydrogen-bond donors (Lipinski definition) is 2. The number of carbonyl (C=O) groups excluding carboxylic acids is 2. The van der Waals surface area contributed by atoms with E-state index in [0.29, 0.717) is 34.2 Å². The van der Waals surface area contributed by atoms with Crippen LogP contribution in [0.15, 0.2) is 67.0 Å². The molecule has 0 spiro atoms. The van der Waals surface area contributed by atoms with Crippen LogP contribution >= 0.6 is 23.4 Å². The highest BCUT2D eigenvalue weighted by Crippen LogP contribution is 2.27. The third kappa shape index (κ3) is 6.48. The van der Waals surface area contributed by atoms with E-state index < -0.39 is 6.04 Å². The van der Waals surface area contributed by atoms with Gasteiger partial charge in [-0.25, -0.2) is 0 Å². The van der Waals surface area contributed by atoms with E-state index in [-0.39, 0.29) is 11.8 Å². The Morgan fingerprint density at radius 3 is 2.66 bits per heavy atom. The Balaban J connectivity index is 1.69. The molecule has 6 nitrogen and oxygen atoms in total. The van der Waals surface area contributed by atoms with Gasteiger partial charge >= 0.3 is 0 Å². The van der Waals surface area contributed by atoms with Gasteiger partial charge in [-0.15, -0.1) is 0 Å². The Kier molecular flexibility index (Phi) is 8.53. The van der Waals surface area contributed by atoms with Crippen LogP contribution in [0, 0.1) is 6.92 Å². The maximum atomic E-state index is 12.9. The van der Waals surface area contributed by atoms with Crippen LogP contribution in [0.2, 0.25) is 5.02 Å². The molecule has 2 amide bonds. The van der Waals surface area contributed by atoms with Crippen molar-refractivity contribution in [2.24, 2.45) is 0 Å². The molecule has 0 saturated heterocycles. The summed E-state index contributed by atoms with van der Waals surface area (Å²) in [6, 6.07) is 15.1. The number of ether oxygens (including phenoxy) is 1. The van der Waals surface area contributed by atoms with Crippen molar-refractivity contribution < 1.29 is 14.3 Å². The van der Waals surface area contributed by atoms with Crippen molar-refractivity contribution >= 4 is 40.9 Å². The van der Waals surface area contributed by atoms with Crippen molar-refractivity contribution in [3.8, 4) is 11.5 Å². The summed E-state index contributed by atoms with van der Waals surface area (Å²) in [7, 11) is 0. The molecule has 2 aromatic carbocycles. The second-order valence-corrected chi connectivity index (χ2v) is 8.44. The fraction of sp³-hybridized carbons (Fsp3) is 0.208. The topological polar surface area (TPSA) is 80.3 Å². The number of amides is 2. The number of halogens is 1. The Bertz CT molecular complexity index is 1080. The molecular formula is C24H24ClN3O3S. The van der Waals surface area contributed by atoms with E-state index in [0.717, 1.165) is 11.3 Å². The van der Waals surface area contributed by atoms with Gasteiger partial charge in [0.2, 0.25) is 5.91 Å². The molecule has 166 valence electrons. The molecule has 0 bridgehead atoms. The largest absolute Gasteiger partial charge is 0.455 e. The highest BCUT2D eigenvalue weighted by Gasteiger charge is 2.22. The first-order chi connectivity index (χ1) is 15.5. The van der Waals surface area contributed by atoms with Crippen LogP contribution in [-0.2, 0) is 4.79 Å². The van der Waals surface area contributed by atoms with Crippen LogP contribution in [0.1, 0.15) is 22.3 Å². The highest BCUT2D eigenvalue weighted by atomic mass is 35.5. The maximum Gasteiger partial charge on any atom is 0.253 e. The van der Waals surface area contributed by atoms with E-state index in [1.165, 1.54) is 0 Å². The van der Waals surface area contributed by atoms with Crippen molar-refractivity contribution in [3.05, 3.63) is 83.1 Å². The Morgan fingerprint density at radius 2 is 1.97 bits per heavy atom. The third-order valence-electron chi connectivity index (χ3n) is 4.66. The summed E-state index contributed by atoms with van der Waals surface area (Å²) in [6.45, 7) is 1.89. The van der Waals surface area contributed by atoms with Gasteiger partial charge in [0.05, 0.1) is 16.8 Å².